The van der Waals surface area contributed by atoms with Gasteiger partial charge in [-0.25, -0.2) is 0 Å². The van der Waals surface area contributed by atoms with Crippen LogP contribution in [0.5, 0.6) is 0 Å². The molecule has 1 aromatic carbocycles. The van der Waals surface area contributed by atoms with E-state index in [0.717, 1.165) is 0 Å². The number of hydrogen-bond donors (Lipinski definition) is 1. The standard InChI is InChI=1S/C11H9ClO3/c12-7-3-1-6(2-4-7)10(13)8-5-9(8)11(14)15/h1-4,8-9H,5H2,(H,14,15)/t8-,9+/m1/s1. The monoisotopic (exact) mass is 224 g/mol. The third-order valence-electron chi connectivity index (χ3n) is 2.57. The molecule has 1 N–H and O–H groups in total. The average molecular weight is 225 g/mol. The van der Waals surface area contributed by atoms with Crippen LogP contribution in [-0.2, 0) is 4.79 Å². The lowest BCUT2D eigenvalue weighted by Crippen LogP contribution is -2.07. The minimum absolute atomic E-state index is 0.0981. The van der Waals surface area contributed by atoms with Crippen molar-refractivity contribution in [2.45, 2.75) is 6.42 Å². The Hall–Kier alpha value is -1.35. The molecule has 1 aliphatic rings. The van der Waals surface area contributed by atoms with Crippen LogP contribution in [0.25, 0.3) is 0 Å². The van der Waals surface area contributed by atoms with E-state index in [0.29, 0.717) is 17.0 Å². The number of ketones is 1. The topological polar surface area (TPSA) is 54.4 Å². The number of carboxylic acids is 1. The molecule has 3 nitrogen and oxygen atoms in total. The van der Waals surface area contributed by atoms with Gasteiger partial charge in [0.1, 0.15) is 0 Å². The number of halogens is 1. The van der Waals surface area contributed by atoms with Crippen LogP contribution in [0, 0.1) is 11.8 Å². The van der Waals surface area contributed by atoms with Crippen molar-refractivity contribution in [2.75, 3.05) is 0 Å². The fourth-order valence-electron chi connectivity index (χ4n) is 1.59. The number of Topliss-reactive ketones (excluding diaryl/α,β-unsaturated/α-hetero) is 1. The van der Waals surface area contributed by atoms with Crippen molar-refractivity contribution in [3.8, 4) is 0 Å². The highest BCUT2D eigenvalue weighted by Crippen LogP contribution is 2.41. The molecule has 0 aromatic heterocycles. The van der Waals surface area contributed by atoms with Crippen molar-refractivity contribution >= 4 is 23.4 Å². The first-order valence-electron chi connectivity index (χ1n) is 4.62. The van der Waals surface area contributed by atoms with Gasteiger partial charge in [-0.05, 0) is 30.7 Å². The van der Waals surface area contributed by atoms with Gasteiger partial charge in [-0.1, -0.05) is 11.6 Å². The molecule has 0 spiro atoms. The summed E-state index contributed by atoms with van der Waals surface area (Å²) in [5.41, 5.74) is 0.535. The number of carbonyl (C=O) groups is 2. The Morgan fingerprint density at radius 1 is 1.20 bits per heavy atom. The number of carboxylic acid groups (broad SMARTS) is 1. The summed E-state index contributed by atoms with van der Waals surface area (Å²) in [6, 6.07) is 6.52. The van der Waals surface area contributed by atoms with Crippen LogP contribution in [0.2, 0.25) is 5.02 Å². The van der Waals surface area contributed by atoms with E-state index >= 15 is 0 Å². The molecule has 0 unspecified atom stereocenters. The van der Waals surface area contributed by atoms with Gasteiger partial charge in [0.05, 0.1) is 5.92 Å². The quantitative estimate of drug-likeness (QED) is 0.802. The number of hydrogen-bond acceptors (Lipinski definition) is 2. The first kappa shape index (κ1) is 10.2. The van der Waals surface area contributed by atoms with Gasteiger partial charge >= 0.3 is 5.97 Å². The Bertz CT molecular complexity index is 410. The molecular formula is C11H9ClO3. The van der Waals surface area contributed by atoms with Crippen molar-refractivity contribution in [1.82, 2.24) is 0 Å². The smallest absolute Gasteiger partial charge is 0.307 e. The Labute approximate surface area is 91.7 Å². The Morgan fingerprint density at radius 2 is 1.80 bits per heavy atom. The molecule has 0 amide bonds. The van der Waals surface area contributed by atoms with E-state index in [2.05, 4.69) is 0 Å². The van der Waals surface area contributed by atoms with Crippen molar-refractivity contribution in [3.05, 3.63) is 34.9 Å². The van der Waals surface area contributed by atoms with Crippen LogP contribution in [0.3, 0.4) is 0 Å². The van der Waals surface area contributed by atoms with Crippen LogP contribution in [0.4, 0.5) is 0 Å². The lowest BCUT2D eigenvalue weighted by atomic mass is 10.1. The lowest BCUT2D eigenvalue weighted by molar-refractivity contribution is -0.138. The minimum atomic E-state index is -0.887. The Kier molecular flexibility index (Phi) is 2.49. The third-order valence-corrected chi connectivity index (χ3v) is 2.83. The van der Waals surface area contributed by atoms with Gasteiger partial charge in [0, 0.05) is 16.5 Å². The van der Waals surface area contributed by atoms with Gasteiger partial charge in [-0.2, -0.15) is 0 Å². The minimum Gasteiger partial charge on any atom is -0.481 e. The van der Waals surface area contributed by atoms with E-state index < -0.39 is 11.9 Å². The highest BCUT2D eigenvalue weighted by molar-refractivity contribution is 6.30. The molecule has 1 aromatic rings. The molecule has 1 saturated carbocycles. The summed E-state index contributed by atoms with van der Waals surface area (Å²) in [6.45, 7) is 0. The second-order valence-electron chi connectivity index (χ2n) is 3.66. The Balaban J connectivity index is 2.10. The maximum Gasteiger partial charge on any atom is 0.307 e. The number of aliphatic carboxylic acids is 1. The second-order valence-corrected chi connectivity index (χ2v) is 4.09. The van der Waals surface area contributed by atoms with Gasteiger partial charge < -0.3 is 5.11 Å². The Morgan fingerprint density at radius 3 is 2.27 bits per heavy atom. The molecule has 4 heteroatoms. The largest absolute Gasteiger partial charge is 0.481 e. The summed E-state index contributed by atoms with van der Waals surface area (Å²) in [5.74, 6) is -1.82. The fraction of sp³-hybridized carbons (Fsp3) is 0.273. The average Bonchev–Trinajstić information content (AvgIpc) is 2.97. The van der Waals surface area contributed by atoms with E-state index in [4.69, 9.17) is 16.7 Å². The van der Waals surface area contributed by atoms with Crippen molar-refractivity contribution in [1.29, 1.82) is 0 Å². The van der Waals surface area contributed by atoms with Crippen LogP contribution < -0.4 is 0 Å². The highest BCUT2D eigenvalue weighted by atomic mass is 35.5. The number of rotatable bonds is 3. The second kappa shape index (κ2) is 3.66. The molecule has 0 radical (unpaired) electrons. The zero-order valence-electron chi connectivity index (χ0n) is 7.81. The van der Waals surface area contributed by atoms with Crippen LogP contribution in [-0.4, -0.2) is 16.9 Å². The summed E-state index contributed by atoms with van der Waals surface area (Å²) in [4.78, 5) is 22.3. The number of carbonyl (C=O) groups excluding carboxylic acids is 1. The first-order chi connectivity index (χ1) is 7.09. The van der Waals surface area contributed by atoms with E-state index in [1.54, 1.807) is 24.3 Å². The van der Waals surface area contributed by atoms with Crippen molar-refractivity contribution < 1.29 is 14.7 Å². The summed E-state index contributed by atoms with van der Waals surface area (Å²) >= 11 is 5.69. The molecule has 2 rings (SSSR count). The van der Waals surface area contributed by atoms with Gasteiger partial charge in [0.2, 0.25) is 0 Å². The molecule has 78 valence electrons. The highest BCUT2D eigenvalue weighted by Gasteiger charge is 2.48. The van der Waals surface area contributed by atoms with Crippen LogP contribution in [0.1, 0.15) is 16.8 Å². The van der Waals surface area contributed by atoms with Gasteiger partial charge in [0.15, 0.2) is 5.78 Å². The summed E-state index contributed by atoms with van der Waals surface area (Å²) < 4.78 is 0. The molecule has 2 atom stereocenters. The zero-order valence-corrected chi connectivity index (χ0v) is 8.57. The van der Waals surface area contributed by atoms with E-state index in [1.807, 2.05) is 0 Å². The van der Waals surface area contributed by atoms with Gasteiger partial charge in [-0.3, -0.25) is 9.59 Å². The lowest BCUT2D eigenvalue weighted by Gasteiger charge is -1.98. The van der Waals surface area contributed by atoms with Crippen LogP contribution in [0.15, 0.2) is 24.3 Å². The first-order valence-corrected chi connectivity index (χ1v) is 5.00. The maximum atomic E-state index is 11.7. The molecule has 0 bridgehead atoms. The molecule has 0 heterocycles. The summed E-state index contributed by atoms with van der Waals surface area (Å²) in [6.07, 6.45) is 0.455. The van der Waals surface area contributed by atoms with Crippen LogP contribution >= 0.6 is 11.6 Å². The molecule has 0 aliphatic heterocycles. The van der Waals surface area contributed by atoms with Gasteiger partial charge in [-0.15, -0.1) is 0 Å². The number of benzene rings is 1. The third kappa shape index (κ3) is 2.02. The predicted molar refractivity (Wildman–Crippen MR) is 55.0 cm³/mol. The van der Waals surface area contributed by atoms with E-state index in [9.17, 15) is 9.59 Å². The normalized spacial score (nSPS) is 23.5. The predicted octanol–water partition coefficient (Wildman–Crippen LogP) is 2.24. The van der Waals surface area contributed by atoms with Crippen molar-refractivity contribution in [3.63, 3.8) is 0 Å². The molecular weight excluding hydrogens is 216 g/mol. The zero-order chi connectivity index (χ0) is 11.0. The molecule has 15 heavy (non-hydrogen) atoms. The van der Waals surface area contributed by atoms with E-state index in [-0.39, 0.29) is 11.7 Å². The summed E-state index contributed by atoms with van der Waals surface area (Å²) in [7, 11) is 0. The fourth-order valence-corrected chi connectivity index (χ4v) is 1.71. The van der Waals surface area contributed by atoms with Gasteiger partial charge in [0.25, 0.3) is 0 Å². The maximum absolute atomic E-state index is 11.7. The summed E-state index contributed by atoms with van der Waals surface area (Å²) in [5, 5.41) is 9.26. The SMILES string of the molecule is O=C(O)[C@H]1C[C@H]1C(=O)c1ccc(Cl)cc1. The van der Waals surface area contributed by atoms with Crippen molar-refractivity contribution in [2.24, 2.45) is 11.8 Å². The molecule has 1 fully saturated rings. The molecule has 1 aliphatic carbocycles. The van der Waals surface area contributed by atoms with E-state index in [1.165, 1.54) is 0 Å². The molecule has 0 saturated heterocycles.